The molecule has 2 aliphatic rings. The van der Waals surface area contributed by atoms with Crippen molar-refractivity contribution in [1.29, 1.82) is 0 Å². The molecule has 92 valence electrons. The van der Waals surface area contributed by atoms with E-state index in [1.807, 2.05) is 0 Å². The van der Waals surface area contributed by atoms with Gasteiger partial charge in [0, 0.05) is 16.8 Å². The number of hydrogen-bond acceptors (Lipinski definition) is 1. The molecule has 0 radical (unpaired) electrons. The Labute approximate surface area is 107 Å². The van der Waals surface area contributed by atoms with Gasteiger partial charge in [-0.25, -0.2) is 0 Å². The van der Waals surface area contributed by atoms with Gasteiger partial charge in [-0.05, 0) is 31.6 Å². The molecule has 0 aliphatic heterocycles. The van der Waals surface area contributed by atoms with Crippen LogP contribution in [0.3, 0.4) is 0 Å². The van der Waals surface area contributed by atoms with Gasteiger partial charge in [-0.1, -0.05) is 42.1 Å². The topological polar surface area (TPSA) is 29.1 Å². The molecule has 0 aromatic heterocycles. The van der Waals surface area contributed by atoms with Gasteiger partial charge < -0.3 is 5.32 Å². The molecule has 0 aromatic rings. The molecule has 2 nitrogen and oxygen atoms in total. The average Bonchev–Trinajstić information content (AvgIpc) is 2.14. The van der Waals surface area contributed by atoms with Crippen LogP contribution in [0.1, 0.15) is 51.9 Å². The fourth-order valence-electron chi connectivity index (χ4n) is 2.96. The van der Waals surface area contributed by atoms with E-state index in [2.05, 4.69) is 28.2 Å². The van der Waals surface area contributed by atoms with E-state index in [0.717, 1.165) is 36.9 Å². The smallest absolute Gasteiger partial charge is 0.223 e. The quantitative estimate of drug-likeness (QED) is 0.794. The first-order valence-corrected chi connectivity index (χ1v) is 7.65. The second-order valence-electron chi connectivity index (χ2n) is 5.73. The van der Waals surface area contributed by atoms with E-state index < -0.39 is 0 Å². The Hall–Kier alpha value is -0.0500. The number of rotatable bonds is 3. The van der Waals surface area contributed by atoms with Gasteiger partial charge in [-0.3, -0.25) is 4.79 Å². The zero-order valence-electron chi connectivity index (χ0n) is 10.1. The largest absolute Gasteiger partial charge is 0.350 e. The van der Waals surface area contributed by atoms with Gasteiger partial charge in [0.2, 0.25) is 5.91 Å². The third-order valence-electron chi connectivity index (χ3n) is 4.21. The molecule has 16 heavy (non-hydrogen) atoms. The van der Waals surface area contributed by atoms with Gasteiger partial charge >= 0.3 is 0 Å². The molecule has 2 fully saturated rings. The second-order valence-corrected chi connectivity index (χ2v) is 6.29. The first-order valence-electron chi connectivity index (χ1n) is 6.53. The van der Waals surface area contributed by atoms with Crippen molar-refractivity contribution in [2.75, 3.05) is 5.33 Å². The van der Waals surface area contributed by atoms with Crippen LogP contribution in [0.25, 0.3) is 0 Å². The number of hydrogen-bond donors (Lipinski definition) is 1. The number of halogens is 1. The van der Waals surface area contributed by atoms with E-state index in [-0.39, 0.29) is 5.54 Å². The highest BCUT2D eigenvalue weighted by Gasteiger charge is 2.37. The number of carbonyl (C=O) groups is 1. The van der Waals surface area contributed by atoms with Gasteiger partial charge in [0.15, 0.2) is 0 Å². The Kier molecular flexibility index (Phi) is 3.93. The van der Waals surface area contributed by atoms with Gasteiger partial charge in [-0.15, -0.1) is 0 Å². The van der Waals surface area contributed by atoms with Crippen molar-refractivity contribution in [2.24, 2.45) is 11.8 Å². The summed E-state index contributed by atoms with van der Waals surface area (Å²) in [6.07, 6.45) is 8.26. The predicted molar refractivity (Wildman–Crippen MR) is 69.6 cm³/mol. The Balaban J connectivity index is 1.94. The lowest BCUT2D eigenvalue weighted by atomic mass is 9.76. The first-order chi connectivity index (χ1) is 7.65. The second kappa shape index (κ2) is 5.07. The first kappa shape index (κ1) is 12.4. The van der Waals surface area contributed by atoms with Crippen LogP contribution >= 0.6 is 15.9 Å². The van der Waals surface area contributed by atoms with Crippen molar-refractivity contribution in [3.63, 3.8) is 0 Å². The maximum absolute atomic E-state index is 12.0. The molecule has 0 saturated heterocycles. The van der Waals surface area contributed by atoms with E-state index in [1.165, 1.54) is 19.3 Å². The lowest BCUT2D eigenvalue weighted by molar-refractivity contribution is -0.129. The fourth-order valence-corrected chi connectivity index (χ4v) is 3.61. The van der Waals surface area contributed by atoms with Crippen LogP contribution in [0.2, 0.25) is 0 Å². The van der Waals surface area contributed by atoms with Crippen LogP contribution in [-0.4, -0.2) is 16.8 Å². The molecule has 3 heteroatoms. The van der Waals surface area contributed by atoms with E-state index in [0.29, 0.717) is 11.8 Å². The zero-order chi connectivity index (χ0) is 11.6. The maximum atomic E-state index is 12.0. The molecule has 2 atom stereocenters. The summed E-state index contributed by atoms with van der Waals surface area (Å²) in [5, 5.41) is 4.23. The summed E-state index contributed by atoms with van der Waals surface area (Å²) in [4.78, 5) is 12.0. The Bertz CT molecular complexity index is 265. The molecular formula is C13H22BrNO. The van der Waals surface area contributed by atoms with Crippen molar-refractivity contribution < 1.29 is 4.79 Å². The Morgan fingerprint density at radius 2 is 2.12 bits per heavy atom. The normalized spacial score (nSPS) is 35.5. The summed E-state index contributed by atoms with van der Waals surface area (Å²) in [5.74, 6) is 1.36. The number of amides is 1. The zero-order valence-corrected chi connectivity index (χ0v) is 11.7. The van der Waals surface area contributed by atoms with Gasteiger partial charge in [0.25, 0.3) is 0 Å². The van der Waals surface area contributed by atoms with Crippen LogP contribution in [0, 0.1) is 11.8 Å². The summed E-state index contributed by atoms with van der Waals surface area (Å²) in [6, 6.07) is 0. The molecule has 0 aromatic carbocycles. The van der Waals surface area contributed by atoms with E-state index >= 15 is 0 Å². The molecule has 2 saturated carbocycles. The molecule has 0 heterocycles. The van der Waals surface area contributed by atoms with Crippen molar-refractivity contribution in [3.8, 4) is 0 Å². The summed E-state index contributed by atoms with van der Waals surface area (Å²) in [6.45, 7) is 2.30. The summed E-state index contributed by atoms with van der Waals surface area (Å²) in [7, 11) is 0. The number of nitrogens with one attached hydrogen (secondary N) is 1. The number of alkyl halides is 1. The Morgan fingerprint density at radius 1 is 1.38 bits per heavy atom. The minimum absolute atomic E-state index is 0.0460. The van der Waals surface area contributed by atoms with Crippen LogP contribution < -0.4 is 5.32 Å². The van der Waals surface area contributed by atoms with Gasteiger partial charge in [0.05, 0.1) is 0 Å². The highest BCUT2D eigenvalue weighted by molar-refractivity contribution is 9.09. The van der Waals surface area contributed by atoms with E-state index in [9.17, 15) is 4.79 Å². The van der Waals surface area contributed by atoms with Crippen LogP contribution in [0.5, 0.6) is 0 Å². The summed E-state index contributed by atoms with van der Waals surface area (Å²) >= 11 is 3.60. The monoisotopic (exact) mass is 287 g/mol. The molecule has 0 spiro atoms. The standard InChI is InChI=1S/C13H22BrNO/c1-10-4-3-7-13(8-10,9-14)15-12(16)11-5-2-6-11/h10-11H,2-9H2,1H3,(H,15,16). The average molecular weight is 288 g/mol. The summed E-state index contributed by atoms with van der Waals surface area (Å²) in [5.41, 5.74) is 0.0460. The van der Waals surface area contributed by atoms with Crippen LogP contribution in [0.4, 0.5) is 0 Å². The lowest BCUT2D eigenvalue weighted by Crippen LogP contribution is -2.54. The van der Waals surface area contributed by atoms with E-state index in [1.54, 1.807) is 0 Å². The van der Waals surface area contributed by atoms with Crippen LogP contribution in [-0.2, 0) is 4.79 Å². The third kappa shape index (κ3) is 2.61. The number of carbonyl (C=O) groups excluding carboxylic acids is 1. The van der Waals surface area contributed by atoms with Crippen molar-refractivity contribution >= 4 is 21.8 Å². The lowest BCUT2D eigenvalue weighted by Gasteiger charge is -2.41. The maximum Gasteiger partial charge on any atom is 0.223 e. The molecular weight excluding hydrogens is 266 g/mol. The SMILES string of the molecule is CC1CCCC(CBr)(NC(=O)C2CCC2)C1. The van der Waals surface area contributed by atoms with Crippen molar-refractivity contribution in [1.82, 2.24) is 5.32 Å². The highest BCUT2D eigenvalue weighted by atomic mass is 79.9. The highest BCUT2D eigenvalue weighted by Crippen LogP contribution is 2.35. The summed E-state index contributed by atoms with van der Waals surface area (Å²) < 4.78 is 0. The molecule has 0 bridgehead atoms. The Morgan fingerprint density at radius 3 is 2.62 bits per heavy atom. The van der Waals surface area contributed by atoms with Crippen molar-refractivity contribution in [3.05, 3.63) is 0 Å². The fraction of sp³-hybridized carbons (Fsp3) is 0.923. The van der Waals surface area contributed by atoms with Gasteiger partial charge in [0.1, 0.15) is 0 Å². The molecule has 1 amide bonds. The third-order valence-corrected chi connectivity index (χ3v) is 5.28. The van der Waals surface area contributed by atoms with Gasteiger partial charge in [-0.2, -0.15) is 0 Å². The predicted octanol–water partition coefficient (Wildman–Crippen LogP) is 3.25. The minimum Gasteiger partial charge on any atom is -0.350 e. The molecule has 1 N–H and O–H groups in total. The minimum atomic E-state index is 0.0460. The molecule has 2 rings (SSSR count). The molecule has 2 unspecified atom stereocenters. The van der Waals surface area contributed by atoms with Crippen molar-refractivity contribution in [2.45, 2.75) is 57.4 Å². The molecule has 2 aliphatic carbocycles. The van der Waals surface area contributed by atoms with E-state index in [4.69, 9.17) is 0 Å². The van der Waals surface area contributed by atoms with Crippen LogP contribution in [0.15, 0.2) is 0 Å².